The molecule has 0 aliphatic carbocycles. The molecule has 2 aromatic carbocycles. The molecule has 0 aromatic heterocycles. The van der Waals surface area contributed by atoms with Gasteiger partial charge in [0.15, 0.2) is 17.3 Å². The first-order valence-electron chi connectivity index (χ1n) is 8.91. The van der Waals surface area contributed by atoms with Gasteiger partial charge in [0.25, 0.3) is 0 Å². The van der Waals surface area contributed by atoms with Gasteiger partial charge in [0.2, 0.25) is 6.79 Å². The van der Waals surface area contributed by atoms with Crippen molar-refractivity contribution in [2.45, 2.75) is 13.5 Å². The Hall–Kier alpha value is -2.73. The lowest BCUT2D eigenvalue weighted by Crippen LogP contribution is -3.13. The van der Waals surface area contributed by atoms with E-state index in [-0.39, 0.29) is 18.3 Å². The number of nitrogens with zero attached hydrogens (tertiary/aromatic N) is 1. The van der Waals surface area contributed by atoms with E-state index in [2.05, 4.69) is 4.90 Å². The van der Waals surface area contributed by atoms with Gasteiger partial charge >= 0.3 is 0 Å². The van der Waals surface area contributed by atoms with Crippen LogP contribution in [0, 0.1) is 0 Å². The van der Waals surface area contributed by atoms with Crippen LogP contribution in [0.1, 0.15) is 22.8 Å². The van der Waals surface area contributed by atoms with Crippen LogP contribution in [0.4, 0.5) is 5.69 Å². The molecule has 0 unspecified atom stereocenters. The van der Waals surface area contributed by atoms with Gasteiger partial charge in [-0.25, -0.2) is 0 Å². The van der Waals surface area contributed by atoms with Crippen LogP contribution in [0.25, 0.3) is 0 Å². The molecule has 0 radical (unpaired) electrons. The molecule has 0 saturated carbocycles. The van der Waals surface area contributed by atoms with Crippen LogP contribution in [0.15, 0.2) is 36.4 Å². The minimum atomic E-state index is 0.0920. The van der Waals surface area contributed by atoms with Crippen molar-refractivity contribution in [3.8, 4) is 17.2 Å². The number of hydrogen-bond donors (Lipinski definition) is 2. The number of aromatic hydroxyl groups is 1. The quantitative estimate of drug-likeness (QED) is 0.808. The zero-order valence-corrected chi connectivity index (χ0v) is 14.8. The van der Waals surface area contributed by atoms with Gasteiger partial charge < -0.3 is 24.4 Å². The van der Waals surface area contributed by atoms with E-state index in [1.165, 1.54) is 4.90 Å². The maximum Gasteiger partial charge on any atom is 0.231 e. The van der Waals surface area contributed by atoms with Crippen LogP contribution in [0.3, 0.4) is 0 Å². The molecule has 0 atom stereocenters. The largest absolute Gasteiger partial charge is 0.507 e. The smallest absolute Gasteiger partial charge is 0.231 e. The molecular weight excluding hydrogens is 332 g/mol. The molecular formula is C20H23N2O4+. The summed E-state index contributed by atoms with van der Waals surface area (Å²) in [5.41, 5.74) is 2.79. The van der Waals surface area contributed by atoms with Crippen LogP contribution in [0.2, 0.25) is 0 Å². The second-order valence-corrected chi connectivity index (χ2v) is 6.85. The number of nitrogens with one attached hydrogen (secondary N) is 1. The van der Waals surface area contributed by atoms with Gasteiger partial charge in [0.05, 0.1) is 31.7 Å². The molecule has 1 fully saturated rings. The number of carbonyl (C=O) groups excluding carboxylic acids is 1. The Labute approximate surface area is 152 Å². The van der Waals surface area contributed by atoms with Crippen molar-refractivity contribution in [2.75, 3.05) is 37.9 Å². The molecule has 2 aliphatic rings. The number of ketones is 1. The van der Waals surface area contributed by atoms with Crippen LogP contribution in [0.5, 0.6) is 17.2 Å². The highest BCUT2D eigenvalue weighted by molar-refractivity contribution is 5.94. The summed E-state index contributed by atoms with van der Waals surface area (Å²) in [4.78, 5) is 15.2. The first-order valence-corrected chi connectivity index (χ1v) is 8.91. The van der Waals surface area contributed by atoms with Gasteiger partial charge in [0, 0.05) is 17.3 Å². The lowest BCUT2D eigenvalue weighted by Gasteiger charge is -2.33. The molecule has 0 bridgehead atoms. The fourth-order valence-electron chi connectivity index (χ4n) is 3.55. The first-order chi connectivity index (χ1) is 12.6. The normalized spacial score (nSPS) is 16.7. The van der Waals surface area contributed by atoms with Crippen molar-refractivity contribution in [2.24, 2.45) is 0 Å². The van der Waals surface area contributed by atoms with Crippen LogP contribution in [-0.2, 0) is 6.54 Å². The van der Waals surface area contributed by atoms with Crippen molar-refractivity contribution >= 4 is 11.5 Å². The fraction of sp³-hybridized carbons (Fsp3) is 0.350. The predicted molar refractivity (Wildman–Crippen MR) is 97.3 cm³/mol. The summed E-state index contributed by atoms with van der Waals surface area (Å²) in [6.07, 6.45) is 0. The number of quaternary nitrogens is 1. The summed E-state index contributed by atoms with van der Waals surface area (Å²) >= 11 is 0. The Morgan fingerprint density at radius 3 is 2.42 bits per heavy atom. The molecule has 6 nitrogen and oxygen atoms in total. The summed E-state index contributed by atoms with van der Waals surface area (Å²) in [5, 5.41) is 10.2. The van der Waals surface area contributed by atoms with Crippen LogP contribution < -0.4 is 19.3 Å². The number of piperazine rings is 1. The molecule has 6 heteroatoms. The summed E-state index contributed by atoms with van der Waals surface area (Å²) < 4.78 is 10.7. The second kappa shape index (κ2) is 6.88. The predicted octanol–water partition coefficient (Wildman–Crippen LogP) is 1.23. The van der Waals surface area contributed by atoms with Crippen LogP contribution in [-0.4, -0.2) is 43.9 Å². The molecule has 2 N–H and O–H groups in total. The molecule has 2 aliphatic heterocycles. The average molecular weight is 355 g/mol. The number of ether oxygens (including phenoxy) is 2. The molecule has 1 saturated heterocycles. The lowest BCUT2D eigenvalue weighted by atomic mass is 10.1. The third-order valence-corrected chi connectivity index (χ3v) is 5.12. The van der Waals surface area contributed by atoms with Crippen molar-refractivity contribution in [3.05, 3.63) is 47.5 Å². The SMILES string of the molecule is CC(=O)c1ccc(N2CC[NH+](Cc3cc4c(cc3O)OCO4)CC2)cc1. The number of benzene rings is 2. The van der Waals surface area contributed by atoms with Gasteiger partial charge in [-0.2, -0.15) is 0 Å². The Morgan fingerprint density at radius 1 is 1.12 bits per heavy atom. The highest BCUT2D eigenvalue weighted by atomic mass is 16.7. The topological polar surface area (TPSA) is 63.4 Å². The number of rotatable bonds is 4. The highest BCUT2D eigenvalue weighted by Gasteiger charge is 2.23. The Kier molecular flexibility index (Phi) is 4.42. The molecule has 0 spiro atoms. The molecule has 26 heavy (non-hydrogen) atoms. The summed E-state index contributed by atoms with van der Waals surface area (Å²) in [5.74, 6) is 1.68. The summed E-state index contributed by atoms with van der Waals surface area (Å²) in [7, 11) is 0. The average Bonchev–Trinajstić information content (AvgIpc) is 3.10. The minimum absolute atomic E-state index is 0.0920. The highest BCUT2D eigenvalue weighted by Crippen LogP contribution is 2.37. The first kappa shape index (κ1) is 16.7. The minimum Gasteiger partial charge on any atom is -0.507 e. The van der Waals surface area contributed by atoms with Gasteiger partial charge in [0.1, 0.15) is 12.3 Å². The molecule has 2 aromatic rings. The maximum atomic E-state index is 11.4. The summed E-state index contributed by atoms with van der Waals surface area (Å²) in [6, 6.07) is 11.3. The van der Waals surface area contributed by atoms with Gasteiger partial charge in [-0.1, -0.05) is 0 Å². The van der Waals surface area contributed by atoms with Crippen molar-refractivity contribution < 1.29 is 24.3 Å². The zero-order valence-electron chi connectivity index (χ0n) is 14.8. The maximum absolute atomic E-state index is 11.4. The van der Waals surface area contributed by atoms with E-state index < -0.39 is 0 Å². The van der Waals surface area contributed by atoms with Crippen molar-refractivity contribution in [3.63, 3.8) is 0 Å². The number of carbonyl (C=O) groups is 1. The Balaban J connectivity index is 1.37. The number of Topliss-reactive ketones (excluding diaryl/α,β-unsaturated/α-hetero) is 1. The number of phenolic OH excluding ortho intramolecular Hbond substituents is 1. The van der Waals surface area contributed by atoms with E-state index in [1.807, 2.05) is 30.3 Å². The monoisotopic (exact) mass is 355 g/mol. The van der Waals surface area contributed by atoms with Crippen molar-refractivity contribution in [1.29, 1.82) is 0 Å². The number of fused-ring (bicyclic) bond motifs is 1. The van der Waals surface area contributed by atoms with E-state index in [4.69, 9.17) is 9.47 Å². The van der Waals surface area contributed by atoms with E-state index in [0.29, 0.717) is 11.5 Å². The third kappa shape index (κ3) is 3.32. The fourth-order valence-corrected chi connectivity index (χ4v) is 3.55. The summed E-state index contributed by atoms with van der Waals surface area (Å²) in [6.45, 7) is 6.43. The van der Waals surface area contributed by atoms with E-state index in [0.717, 1.165) is 49.5 Å². The standard InChI is InChI=1S/C20H22N2O4/c1-14(23)15-2-4-17(5-3-15)22-8-6-21(7-9-22)12-16-10-19-20(11-18(16)24)26-13-25-19/h2-5,10-11,24H,6-9,12-13H2,1H3/p+1. The van der Waals surface area contributed by atoms with Crippen LogP contribution >= 0.6 is 0 Å². The van der Waals surface area contributed by atoms with Gasteiger partial charge in [-0.05, 0) is 37.3 Å². The Bertz CT molecular complexity index is 811. The molecule has 0 amide bonds. The number of hydrogen-bond acceptors (Lipinski definition) is 5. The molecule has 2 heterocycles. The van der Waals surface area contributed by atoms with E-state index in [9.17, 15) is 9.90 Å². The zero-order chi connectivity index (χ0) is 18.1. The number of anilines is 1. The molecule has 4 rings (SSSR count). The van der Waals surface area contributed by atoms with Crippen molar-refractivity contribution in [1.82, 2.24) is 0 Å². The molecule has 136 valence electrons. The third-order valence-electron chi connectivity index (χ3n) is 5.12. The van der Waals surface area contributed by atoms with Gasteiger partial charge in [-0.15, -0.1) is 0 Å². The van der Waals surface area contributed by atoms with E-state index in [1.54, 1.807) is 13.0 Å². The number of phenols is 1. The Morgan fingerprint density at radius 2 is 1.77 bits per heavy atom. The van der Waals surface area contributed by atoms with Gasteiger partial charge in [-0.3, -0.25) is 4.79 Å². The lowest BCUT2D eigenvalue weighted by molar-refractivity contribution is -0.914. The van der Waals surface area contributed by atoms with E-state index >= 15 is 0 Å². The second-order valence-electron chi connectivity index (χ2n) is 6.85.